The summed E-state index contributed by atoms with van der Waals surface area (Å²) in [5, 5.41) is 3.27. The van der Waals surface area contributed by atoms with E-state index in [2.05, 4.69) is 25.2 Å². The van der Waals surface area contributed by atoms with Gasteiger partial charge in [0.1, 0.15) is 5.82 Å². The molecule has 176 valence electrons. The number of amides is 2. The van der Waals surface area contributed by atoms with Crippen molar-refractivity contribution in [3.8, 4) is 0 Å². The Morgan fingerprint density at radius 1 is 1.12 bits per heavy atom. The van der Waals surface area contributed by atoms with E-state index in [0.717, 1.165) is 38.5 Å². The zero-order valence-electron chi connectivity index (χ0n) is 19.9. The highest BCUT2D eigenvalue weighted by molar-refractivity contribution is 5.92. The number of rotatable bonds is 3. The van der Waals surface area contributed by atoms with Gasteiger partial charge in [0.05, 0.1) is 0 Å². The van der Waals surface area contributed by atoms with Crippen LogP contribution < -0.4 is 5.32 Å². The second kappa shape index (κ2) is 8.11. The van der Waals surface area contributed by atoms with Crippen molar-refractivity contribution in [2.24, 2.45) is 28.6 Å². The Bertz CT molecular complexity index is 1020. The van der Waals surface area contributed by atoms with Gasteiger partial charge in [0.15, 0.2) is 0 Å². The fraction of sp³-hybridized carbons (Fsp3) is 0.571. The van der Waals surface area contributed by atoms with Gasteiger partial charge in [0.2, 0.25) is 11.8 Å². The molecule has 2 amide bonds. The van der Waals surface area contributed by atoms with Crippen LogP contribution in [0.2, 0.25) is 0 Å². The van der Waals surface area contributed by atoms with Crippen LogP contribution in [0.25, 0.3) is 6.08 Å². The number of fused-ring (bicyclic) bond motifs is 5. The molecule has 0 aromatic heterocycles. The molecule has 1 N–H and O–H groups in total. The van der Waals surface area contributed by atoms with Gasteiger partial charge in [-0.25, -0.2) is 4.39 Å². The molecule has 0 spiro atoms. The molecule has 0 saturated heterocycles. The van der Waals surface area contributed by atoms with Gasteiger partial charge in [-0.2, -0.15) is 0 Å². The molecule has 0 unspecified atom stereocenters. The van der Waals surface area contributed by atoms with E-state index in [-0.39, 0.29) is 34.5 Å². The predicted molar refractivity (Wildman–Crippen MR) is 127 cm³/mol. The normalized spacial score (nSPS) is 39.8. The molecule has 1 aromatic rings. The monoisotopic (exact) mass is 450 g/mol. The molecule has 0 bridgehead atoms. The molecule has 4 nitrogen and oxygen atoms in total. The summed E-state index contributed by atoms with van der Waals surface area (Å²) in [6.07, 6.45) is 13.6. The highest BCUT2D eigenvalue weighted by atomic mass is 19.1. The van der Waals surface area contributed by atoms with Crippen LogP contribution in [0, 0.1) is 34.4 Å². The highest BCUT2D eigenvalue weighted by Gasteiger charge is 2.60. The van der Waals surface area contributed by atoms with Gasteiger partial charge in [-0.1, -0.05) is 38.1 Å². The maximum atomic E-state index is 13.9. The van der Waals surface area contributed by atoms with Crippen molar-refractivity contribution in [2.45, 2.75) is 64.5 Å². The Morgan fingerprint density at radius 3 is 2.70 bits per heavy atom. The number of hydrogen-bond donors (Lipinski definition) is 1. The number of carbonyl (C=O) groups excluding carboxylic acids is 2. The molecule has 4 aliphatic rings. The van der Waals surface area contributed by atoms with Crippen LogP contribution in [-0.2, 0) is 9.59 Å². The SMILES string of the molecule is CN1C(=O)C=C[C@]2(C)[C@H]3CC[C@]4(C)[C@@H](NC(=O)C=Cc5ccccc5F)CC[C@H]4[C@@H]3CC[C@@H]12. The second-order valence-corrected chi connectivity index (χ2v) is 11.2. The minimum Gasteiger partial charge on any atom is -0.349 e. The third-order valence-electron chi connectivity index (χ3n) is 9.76. The average molecular weight is 451 g/mol. The number of benzene rings is 1. The molecule has 1 aliphatic heterocycles. The van der Waals surface area contributed by atoms with Crippen LogP contribution in [0.4, 0.5) is 4.39 Å². The summed E-state index contributed by atoms with van der Waals surface area (Å²) in [7, 11) is 1.96. The van der Waals surface area contributed by atoms with E-state index in [1.54, 1.807) is 30.4 Å². The Morgan fingerprint density at radius 2 is 1.91 bits per heavy atom. The van der Waals surface area contributed by atoms with Gasteiger partial charge in [-0.15, -0.1) is 0 Å². The number of nitrogens with one attached hydrogen (secondary N) is 1. The lowest BCUT2D eigenvalue weighted by Crippen LogP contribution is -2.60. The molecule has 5 rings (SSSR count). The Labute approximate surface area is 196 Å². The van der Waals surface area contributed by atoms with Gasteiger partial charge in [0, 0.05) is 36.2 Å². The molecule has 3 aliphatic carbocycles. The second-order valence-electron chi connectivity index (χ2n) is 11.2. The lowest BCUT2D eigenvalue weighted by molar-refractivity contribution is -0.138. The Balaban J connectivity index is 1.31. The minimum atomic E-state index is -0.319. The van der Waals surface area contributed by atoms with Gasteiger partial charge in [0.25, 0.3) is 0 Å². The third kappa shape index (κ3) is 3.55. The van der Waals surface area contributed by atoms with Gasteiger partial charge in [-0.3, -0.25) is 9.59 Å². The largest absolute Gasteiger partial charge is 0.349 e. The minimum absolute atomic E-state index is 0.0384. The van der Waals surface area contributed by atoms with E-state index in [1.807, 2.05) is 11.9 Å². The van der Waals surface area contributed by atoms with Crippen LogP contribution in [0.5, 0.6) is 0 Å². The van der Waals surface area contributed by atoms with E-state index in [4.69, 9.17) is 0 Å². The van der Waals surface area contributed by atoms with E-state index < -0.39 is 0 Å². The predicted octanol–water partition coefficient (Wildman–Crippen LogP) is 4.96. The van der Waals surface area contributed by atoms with Crippen molar-refractivity contribution in [3.63, 3.8) is 0 Å². The maximum Gasteiger partial charge on any atom is 0.246 e. The Kier molecular flexibility index (Phi) is 5.49. The quantitative estimate of drug-likeness (QED) is 0.662. The molecule has 3 saturated carbocycles. The molecule has 5 heteroatoms. The van der Waals surface area contributed by atoms with E-state index in [0.29, 0.717) is 29.4 Å². The highest BCUT2D eigenvalue weighted by Crippen LogP contribution is 2.63. The molecule has 33 heavy (non-hydrogen) atoms. The zero-order valence-corrected chi connectivity index (χ0v) is 19.9. The summed E-state index contributed by atoms with van der Waals surface area (Å²) in [6.45, 7) is 4.73. The molecule has 7 atom stereocenters. The summed E-state index contributed by atoms with van der Waals surface area (Å²) in [5.41, 5.74) is 0.556. The van der Waals surface area contributed by atoms with Gasteiger partial charge < -0.3 is 10.2 Å². The first kappa shape index (κ1) is 22.4. The van der Waals surface area contributed by atoms with Crippen molar-refractivity contribution in [3.05, 3.63) is 53.9 Å². The third-order valence-corrected chi connectivity index (χ3v) is 9.76. The summed E-state index contributed by atoms with van der Waals surface area (Å²) in [4.78, 5) is 26.9. The zero-order chi connectivity index (χ0) is 23.4. The number of nitrogens with zero attached hydrogens (tertiary/aromatic N) is 1. The fourth-order valence-corrected chi connectivity index (χ4v) is 7.97. The van der Waals surface area contributed by atoms with E-state index >= 15 is 0 Å². The average Bonchev–Trinajstić information content (AvgIpc) is 3.12. The molecular weight excluding hydrogens is 415 g/mol. The van der Waals surface area contributed by atoms with Crippen molar-refractivity contribution < 1.29 is 14.0 Å². The lowest BCUT2D eigenvalue weighted by Gasteiger charge is -2.60. The molecule has 3 fully saturated rings. The van der Waals surface area contributed by atoms with Gasteiger partial charge in [-0.05, 0) is 79.9 Å². The number of hydrogen-bond acceptors (Lipinski definition) is 2. The van der Waals surface area contributed by atoms with Gasteiger partial charge >= 0.3 is 0 Å². The summed E-state index contributed by atoms with van der Waals surface area (Å²) in [6, 6.07) is 6.94. The first-order valence-corrected chi connectivity index (χ1v) is 12.4. The molecule has 0 radical (unpaired) electrons. The summed E-state index contributed by atoms with van der Waals surface area (Å²) < 4.78 is 13.9. The summed E-state index contributed by atoms with van der Waals surface area (Å²) in [5.74, 6) is 1.47. The molecule has 1 aromatic carbocycles. The molecule has 1 heterocycles. The number of carbonyl (C=O) groups is 2. The van der Waals surface area contributed by atoms with Crippen molar-refractivity contribution in [1.82, 2.24) is 10.2 Å². The number of likely N-dealkylation sites (N-methyl/N-ethyl adjacent to an activating group) is 1. The first-order valence-electron chi connectivity index (χ1n) is 12.4. The van der Waals surface area contributed by atoms with E-state index in [9.17, 15) is 14.0 Å². The topological polar surface area (TPSA) is 49.4 Å². The standard InChI is InChI=1S/C28H35FN2O2/c1-27-16-14-21-19(9-12-24-28(21,2)17-15-26(33)31(24)3)20(27)10-11-23(27)30-25(32)13-8-18-6-4-5-7-22(18)29/h4-8,13,15,17,19-21,23-24H,9-12,14,16H2,1-3H3,(H,30,32)/t19-,20-,21-,23-,24+,27-,28+/m0/s1. The summed E-state index contributed by atoms with van der Waals surface area (Å²) >= 11 is 0. The van der Waals surface area contributed by atoms with Crippen molar-refractivity contribution in [2.75, 3.05) is 7.05 Å². The first-order chi connectivity index (χ1) is 15.7. The fourth-order valence-electron chi connectivity index (χ4n) is 7.97. The van der Waals surface area contributed by atoms with Crippen LogP contribution in [-0.4, -0.2) is 35.8 Å². The van der Waals surface area contributed by atoms with Crippen molar-refractivity contribution >= 4 is 17.9 Å². The Hall–Kier alpha value is -2.43. The van der Waals surface area contributed by atoms with Crippen LogP contribution in [0.15, 0.2) is 42.5 Å². The van der Waals surface area contributed by atoms with Crippen LogP contribution >= 0.6 is 0 Å². The van der Waals surface area contributed by atoms with E-state index in [1.165, 1.54) is 12.1 Å². The lowest BCUT2D eigenvalue weighted by atomic mass is 9.48. The molecular formula is C28H35FN2O2. The number of halogens is 1. The maximum absolute atomic E-state index is 13.9. The van der Waals surface area contributed by atoms with Crippen LogP contribution in [0.1, 0.15) is 57.9 Å². The smallest absolute Gasteiger partial charge is 0.246 e. The van der Waals surface area contributed by atoms with Crippen LogP contribution in [0.3, 0.4) is 0 Å². The van der Waals surface area contributed by atoms with Crippen molar-refractivity contribution in [1.29, 1.82) is 0 Å².